The Kier molecular flexibility index (Phi) is 2.87. The number of rotatable bonds is 3. The van der Waals surface area contributed by atoms with Gasteiger partial charge in [-0.25, -0.2) is 9.78 Å². The molecule has 92 valence electrons. The minimum Gasteiger partial charge on any atom is -0.336 e. The molecular formula is C11H16N4O2. The van der Waals surface area contributed by atoms with Crippen molar-refractivity contribution >= 4 is 11.2 Å². The first-order valence-electron chi connectivity index (χ1n) is 5.75. The summed E-state index contributed by atoms with van der Waals surface area (Å²) >= 11 is 0. The normalized spacial score (nSPS) is 13.4. The van der Waals surface area contributed by atoms with Crippen LogP contribution in [0.4, 0.5) is 0 Å². The van der Waals surface area contributed by atoms with Gasteiger partial charge in [-0.15, -0.1) is 0 Å². The van der Waals surface area contributed by atoms with E-state index in [2.05, 4.69) is 40.7 Å². The highest BCUT2D eigenvalue weighted by Gasteiger charge is 2.18. The molecule has 3 N–H and O–H groups in total. The van der Waals surface area contributed by atoms with E-state index in [4.69, 9.17) is 0 Å². The van der Waals surface area contributed by atoms with Gasteiger partial charge in [0.25, 0.3) is 5.56 Å². The van der Waals surface area contributed by atoms with Crippen LogP contribution in [0.3, 0.4) is 0 Å². The van der Waals surface area contributed by atoms with Gasteiger partial charge in [0.1, 0.15) is 11.3 Å². The van der Waals surface area contributed by atoms with Gasteiger partial charge in [0.15, 0.2) is 5.65 Å². The first-order chi connectivity index (χ1) is 8.02. The van der Waals surface area contributed by atoms with Gasteiger partial charge >= 0.3 is 5.69 Å². The first kappa shape index (κ1) is 11.6. The minimum absolute atomic E-state index is 0.255. The maximum absolute atomic E-state index is 11.5. The molecule has 0 saturated carbocycles. The highest BCUT2D eigenvalue weighted by atomic mass is 16.2. The zero-order valence-corrected chi connectivity index (χ0v) is 10.1. The topological polar surface area (TPSA) is 94.4 Å². The highest BCUT2D eigenvalue weighted by Crippen LogP contribution is 2.25. The molecule has 6 heteroatoms. The number of nitrogens with one attached hydrogen (secondary N) is 3. The van der Waals surface area contributed by atoms with Gasteiger partial charge in [-0.2, -0.15) is 0 Å². The summed E-state index contributed by atoms with van der Waals surface area (Å²) in [5.74, 6) is 1.43. The molecule has 0 fully saturated rings. The van der Waals surface area contributed by atoms with Gasteiger partial charge in [-0.3, -0.25) is 14.8 Å². The Labute approximate surface area is 97.5 Å². The van der Waals surface area contributed by atoms with Gasteiger partial charge in [-0.1, -0.05) is 20.8 Å². The van der Waals surface area contributed by atoms with E-state index in [0.29, 0.717) is 17.1 Å². The molecule has 2 aromatic heterocycles. The van der Waals surface area contributed by atoms with Crippen LogP contribution in [0.25, 0.3) is 11.2 Å². The summed E-state index contributed by atoms with van der Waals surface area (Å²) in [5.41, 5.74) is -0.300. The summed E-state index contributed by atoms with van der Waals surface area (Å²) in [5, 5.41) is 0. The number of H-pyrrole nitrogens is 3. The van der Waals surface area contributed by atoms with Crippen molar-refractivity contribution < 1.29 is 0 Å². The van der Waals surface area contributed by atoms with Crippen LogP contribution in [0.15, 0.2) is 9.59 Å². The zero-order valence-electron chi connectivity index (χ0n) is 10.1. The lowest BCUT2D eigenvalue weighted by Crippen LogP contribution is -2.21. The molecule has 17 heavy (non-hydrogen) atoms. The van der Waals surface area contributed by atoms with E-state index in [1.165, 1.54) is 0 Å². The van der Waals surface area contributed by atoms with Crippen LogP contribution < -0.4 is 11.2 Å². The smallest absolute Gasteiger partial charge is 0.327 e. The summed E-state index contributed by atoms with van der Waals surface area (Å²) in [6.45, 7) is 6.29. The van der Waals surface area contributed by atoms with E-state index in [1.807, 2.05) is 0 Å². The number of aromatic nitrogens is 4. The molecule has 1 atom stereocenters. The van der Waals surface area contributed by atoms with Gasteiger partial charge in [0.05, 0.1) is 0 Å². The Bertz CT molecular complexity index is 635. The molecule has 0 radical (unpaired) electrons. The molecule has 2 rings (SSSR count). The molecule has 2 aromatic rings. The average Bonchev–Trinajstić information content (AvgIpc) is 2.61. The van der Waals surface area contributed by atoms with E-state index in [9.17, 15) is 9.59 Å². The number of aromatic amines is 3. The van der Waals surface area contributed by atoms with Gasteiger partial charge in [0.2, 0.25) is 0 Å². The van der Waals surface area contributed by atoms with Crippen LogP contribution in [0.1, 0.15) is 38.9 Å². The fourth-order valence-corrected chi connectivity index (χ4v) is 2.11. The SMILES string of the molecule is CCC(c1nc2[nH]c(=O)[nH]c(=O)c2[nH]1)C(C)C. The molecule has 1 unspecified atom stereocenters. The molecule has 2 heterocycles. The summed E-state index contributed by atoms with van der Waals surface area (Å²) in [7, 11) is 0. The van der Waals surface area contributed by atoms with Gasteiger partial charge in [-0.05, 0) is 12.3 Å². The Morgan fingerprint density at radius 3 is 2.47 bits per heavy atom. The third-order valence-electron chi connectivity index (χ3n) is 3.00. The summed E-state index contributed by atoms with van der Waals surface area (Å²) in [6, 6.07) is 0. The number of fused-ring (bicyclic) bond motifs is 1. The Morgan fingerprint density at radius 2 is 1.88 bits per heavy atom. The maximum Gasteiger partial charge on any atom is 0.327 e. The zero-order chi connectivity index (χ0) is 12.6. The number of hydrogen-bond acceptors (Lipinski definition) is 3. The predicted octanol–water partition coefficient (Wildman–Crippen LogP) is 1.09. The lowest BCUT2D eigenvalue weighted by Gasteiger charge is -2.15. The van der Waals surface area contributed by atoms with Crippen molar-refractivity contribution in [2.75, 3.05) is 0 Å². The van der Waals surface area contributed by atoms with Crippen molar-refractivity contribution in [3.63, 3.8) is 0 Å². The largest absolute Gasteiger partial charge is 0.336 e. The van der Waals surface area contributed by atoms with Gasteiger partial charge in [0, 0.05) is 5.92 Å². The number of nitrogens with zero attached hydrogens (tertiary/aromatic N) is 1. The average molecular weight is 236 g/mol. The molecule has 0 bridgehead atoms. The van der Waals surface area contributed by atoms with Crippen molar-refractivity contribution in [3.8, 4) is 0 Å². The minimum atomic E-state index is -0.529. The molecule has 0 aliphatic heterocycles. The second-order valence-electron chi connectivity index (χ2n) is 4.51. The highest BCUT2D eigenvalue weighted by molar-refractivity contribution is 5.68. The Morgan fingerprint density at radius 1 is 1.18 bits per heavy atom. The number of imidazole rings is 1. The van der Waals surface area contributed by atoms with Crippen LogP contribution in [-0.4, -0.2) is 19.9 Å². The standard InChI is InChI=1S/C11H16N4O2/c1-4-6(5(2)3)8-12-7-9(13-8)14-11(17)15-10(7)16/h5-6H,4H2,1-3H3,(H3,12,13,14,15,16,17). The van der Waals surface area contributed by atoms with E-state index in [-0.39, 0.29) is 5.92 Å². The van der Waals surface area contributed by atoms with Crippen molar-refractivity contribution in [1.29, 1.82) is 0 Å². The van der Waals surface area contributed by atoms with Crippen LogP contribution >= 0.6 is 0 Å². The van der Waals surface area contributed by atoms with Crippen molar-refractivity contribution in [1.82, 2.24) is 19.9 Å². The monoisotopic (exact) mass is 236 g/mol. The van der Waals surface area contributed by atoms with Crippen LogP contribution in [0.5, 0.6) is 0 Å². The lowest BCUT2D eigenvalue weighted by atomic mass is 9.93. The predicted molar refractivity (Wildman–Crippen MR) is 65.2 cm³/mol. The molecule has 0 aromatic carbocycles. The Balaban J connectivity index is 2.62. The number of hydrogen-bond donors (Lipinski definition) is 3. The van der Waals surface area contributed by atoms with E-state index >= 15 is 0 Å². The summed E-state index contributed by atoms with van der Waals surface area (Å²) in [4.78, 5) is 34.7. The first-order valence-corrected chi connectivity index (χ1v) is 5.75. The second kappa shape index (κ2) is 4.20. The lowest BCUT2D eigenvalue weighted by molar-refractivity contribution is 0.467. The van der Waals surface area contributed by atoms with E-state index in [1.54, 1.807) is 0 Å². The van der Waals surface area contributed by atoms with E-state index in [0.717, 1.165) is 12.2 Å². The third kappa shape index (κ3) is 2.02. The molecule has 0 aliphatic carbocycles. The molecule has 0 amide bonds. The fourth-order valence-electron chi connectivity index (χ4n) is 2.11. The molecule has 0 aliphatic rings. The van der Waals surface area contributed by atoms with Crippen LogP contribution in [0, 0.1) is 5.92 Å². The van der Waals surface area contributed by atoms with Crippen LogP contribution in [0.2, 0.25) is 0 Å². The molecule has 0 saturated heterocycles. The van der Waals surface area contributed by atoms with Gasteiger partial charge < -0.3 is 4.98 Å². The Hall–Kier alpha value is -1.85. The summed E-state index contributed by atoms with van der Waals surface area (Å²) in [6.07, 6.45) is 0.930. The second-order valence-corrected chi connectivity index (χ2v) is 4.51. The van der Waals surface area contributed by atoms with Crippen molar-refractivity contribution in [2.24, 2.45) is 5.92 Å². The molecule has 6 nitrogen and oxygen atoms in total. The fraction of sp³-hybridized carbons (Fsp3) is 0.545. The maximum atomic E-state index is 11.5. The molecular weight excluding hydrogens is 220 g/mol. The van der Waals surface area contributed by atoms with Crippen molar-refractivity contribution in [2.45, 2.75) is 33.1 Å². The quantitative estimate of drug-likeness (QED) is 0.744. The summed E-state index contributed by atoms with van der Waals surface area (Å²) < 4.78 is 0. The van der Waals surface area contributed by atoms with E-state index < -0.39 is 11.2 Å². The van der Waals surface area contributed by atoms with Crippen LogP contribution in [-0.2, 0) is 0 Å². The third-order valence-corrected chi connectivity index (χ3v) is 3.00. The molecule has 0 spiro atoms. The van der Waals surface area contributed by atoms with Crippen molar-refractivity contribution in [3.05, 3.63) is 26.7 Å².